The van der Waals surface area contributed by atoms with Crippen molar-refractivity contribution in [1.82, 2.24) is 10.2 Å². The Bertz CT molecular complexity index is 488. The summed E-state index contributed by atoms with van der Waals surface area (Å²) < 4.78 is 11.1. The standard InChI is InChI=1S/C15H19ClN2O3/c16-12-3-1-11(2-4-12)14-9-18(6-8-21-14)15(19)13-10-20-7-5-17-13/h1-4,13-14,17H,5-10H2. The monoisotopic (exact) mass is 310 g/mol. The molecule has 5 nitrogen and oxygen atoms in total. The highest BCUT2D eigenvalue weighted by Gasteiger charge is 2.30. The van der Waals surface area contributed by atoms with Crippen molar-refractivity contribution in [3.8, 4) is 0 Å². The van der Waals surface area contributed by atoms with Gasteiger partial charge in [-0.15, -0.1) is 0 Å². The minimum Gasteiger partial charge on any atom is -0.378 e. The summed E-state index contributed by atoms with van der Waals surface area (Å²) in [5, 5.41) is 3.90. The molecule has 0 aromatic heterocycles. The van der Waals surface area contributed by atoms with Crippen LogP contribution in [0.4, 0.5) is 0 Å². The van der Waals surface area contributed by atoms with Crippen molar-refractivity contribution in [3.63, 3.8) is 0 Å². The summed E-state index contributed by atoms with van der Waals surface area (Å²) >= 11 is 5.90. The lowest BCUT2D eigenvalue weighted by Gasteiger charge is -2.36. The first-order chi connectivity index (χ1) is 10.2. The van der Waals surface area contributed by atoms with Crippen LogP contribution in [0.5, 0.6) is 0 Å². The molecule has 1 aromatic rings. The summed E-state index contributed by atoms with van der Waals surface area (Å²) in [5.41, 5.74) is 1.05. The highest BCUT2D eigenvalue weighted by atomic mass is 35.5. The first kappa shape index (κ1) is 14.8. The molecule has 2 heterocycles. The van der Waals surface area contributed by atoms with Crippen LogP contribution in [0.15, 0.2) is 24.3 Å². The fraction of sp³-hybridized carbons (Fsp3) is 0.533. The van der Waals surface area contributed by atoms with Gasteiger partial charge in [-0.25, -0.2) is 0 Å². The third-order valence-corrected chi connectivity index (χ3v) is 4.09. The van der Waals surface area contributed by atoms with E-state index < -0.39 is 0 Å². The predicted octanol–water partition coefficient (Wildman–Crippen LogP) is 1.23. The lowest BCUT2D eigenvalue weighted by Crippen LogP contribution is -2.55. The molecule has 0 spiro atoms. The van der Waals surface area contributed by atoms with Crippen molar-refractivity contribution in [3.05, 3.63) is 34.9 Å². The molecule has 0 aliphatic carbocycles. The summed E-state index contributed by atoms with van der Waals surface area (Å²) in [7, 11) is 0. The molecule has 2 fully saturated rings. The molecule has 1 aromatic carbocycles. The second-order valence-electron chi connectivity index (χ2n) is 5.28. The highest BCUT2D eigenvalue weighted by molar-refractivity contribution is 6.30. The third-order valence-electron chi connectivity index (χ3n) is 3.84. The number of morpholine rings is 2. The first-order valence-electron chi connectivity index (χ1n) is 7.21. The molecule has 1 amide bonds. The molecule has 2 aliphatic rings. The number of nitrogens with zero attached hydrogens (tertiary/aromatic N) is 1. The van der Waals surface area contributed by atoms with Crippen molar-refractivity contribution >= 4 is 17.5 Å². The summed E-state index contributed by atoms with van der Waals surface area (Å²) in [6.45, 7) is 3.58. The quantitative estimate of drug-likeness (QED) is 0.892. The van der Waals surface area contributed by atoms with Crippen LogP contribution in [0.3, 0.4) is 0 Å². The number of carbonyl (C=O) groups excluding carboxylic acids is 1. The molecule has 0 radical (unpaired) electrons. The Morgan fingerprint density at radius 2 is 2.10 bits per heavy atom. The smallest absolute Gasteiger partial charge is 0.242 e. The number of nitrogens with one attached hydrogen (secondary N) is 1. The SMILES string of the molecule is O=C(C1COCCN1)N1CCOC(c2ccc(Cl)cc2)C1. The molecule has 2 atom stereocenters. The minimum atomic E-state index is -0.234. The van der Waals surface area contributed by atoms with E-state index in [0.717, 1.165) is 12.1 Å². The minimum absolute atomic E-state index is 0.0931. The molecular weight excluding hydrogens is 292 g/mol. The van der Waals surface area contributed by atoms with Crippen molar-refractivity contribution in [2.45, 2.75) is 12.1 Å². The van der Waals surface area contributed by atoms with Gasteiger partial charge in [-0.05, 0) is 17.7 Å². The van der Waals surface area contributed by atoms with E-state index in [2.05, 4.69) is 5.32 Å². The average Bonchev–Trinajstić information content (AvgIpc) is 2.56. The lowest BCUT2D eigenvalue weighted by molar-refractivity contribution is -0.144. The van der Waals surface area contributed by atoms with Crippen molar-refractivity contribution in [2.75, 3.05) is 39.5 Å². The Balaban J connectivity index is 1.64. The fourth-order valence-corrected chi connectivity index (χ4v) is 2.80. The molecule has 2 aliphatic heterocycles. The van der Waals surface area contributed by atoms with Crippen molar-refractivity contribution < 1.29 is 14.3 Å². The Hall–Kier alpha value is -1.14. The van der Waals surface area contributed by atoms with Gasteiger partial charge in [-0.3, -0.25) is 4.79 Å². The fourth-order valence-electron chi connectivity index (χ4n) is 2.67. The van der Waals surface area contributed by atoms with E-state index in [0.29, 0.717) is 37.9 Å². The van der Waals surface area contributed by atoms with E-state index in [1.165, 1.54) is 0 Å². The van der Waals surface area contributed by atoms with Crippen LogP contribution < -0.4 is 5.32 Å². The number of rotatable bonds is 2. The normalized spacial score (nSPS) is 26.6. The van der Waals surface area contributed by atoms with Crippen LogP contribution in [0.2, 0.25) is 5.02 Å². The molecule has 1 N–H and O–H groups in total. The molecular formula is C15H19ClN2O3. The van der Waals surface area contributed by atoms with Gasteiger partial charge in [-0.1, -0.05) is 23.7 Å². The van der Waals surface area contributed by atoms with E-state index in [1.54, 1.807) is 0 Å². The van der Waals surface area contributed by atoms with Crippen LogP contribution in [0, 0.1) is 0 Å². The topological polar surface area (TPSA) is 50.8 Å². The Labute approximate surface area is 129 Å². The van der Waals surface area contributed by atoms with Gasteiger partial charge >= 0.3 is 0 Å². The second kappa shape index (κ2) is 6.75. The van der Waals surface area contributed by atoms with Gasteiger partial charge in [0.15, 0.2) is 0 Å². The zero-order valence-electron chi connectivity index (χ0n) is 11.8. The van der Waals surface area contributed by atoms with Crippen molar-refractivity contribution in [2.24, 2.45) is 0 Å². The van der Waals surface area contributed by atoms with Crippen LogP contribution >= 0.6 is 11.6 Å². The zero-order valence-corrected chi connectivity index (χ0v) is 12.5. The van der Waals surface area contributed by atoms with E-state index in [4.69, 9.17) is 21.1 Å². The molecule has 0 saturated carbocycles. The van der Waals surface area contributed by atoms with E-state index in [9.17, 15) is 4.79 Å². The summed E-state index contributed by atoms with van der Waals surface area (Å²) in [6, 6.07) is 7.35. The maximum absolute atomic E-state index is 12.5. The average molecular weight is 311 g/mol. The van der Waals surface area contributed by atoms with Gasteiger partial charge in [0, 0.05) is 18.1 Å². The van der Waals surface area contributed by atoms with E-state index in [-0.39, 0.29) is 18.1 Å². The van der Waals surface area contributed by atoms with Crippen LogP contribution in [0.25, 0.3) is 0 Å². The number of hydrogen-bond acceptors (Lipinski definition) is 4. The molecule has 3 rings (SSSR count). The molecule has 2 saturated heterocycles. The van der Waals surface area contributed by atoms with Crippen LogP contribution in [-0.2, 0) is 14.3 Å². The molecule has 114 valence electrons. The summed E-state index contributed by atoms with van der Waals surface area (Å²) in [6.07, 6.45) is -0.0931. The number of ether oxygens (including phenoxy) is 2. The summed E-state index contributed by atoms with van der Waals surface area (Å²) in [5.74, 6) is 0.0944. The Morgan fingerprint density at radius 1 is 1.29 bits per heavy atom. The number of carbonyl (C=O) groups is 1. The molecule has 2 unspecified atom stereocenters. The highest BCUT2D eigenvalue weighted by Crippen LogP contribution is 2.24. The molecule has 21 heavy (non-hydrogen) atoms. The predicted molar refractivity (Wildman–Crippen MR) is 79.3 cm³/mol. The number of amides is 1. The van der Waals surface area contributed by atoms with Crippen molar-refractivity contribution in [1.29, 1.82) is 0 Å². The lowest BCUT2D eigenvalue weighted by atomic mass is 10.1. The number of benzene rings is 1. The maximum Gasteiger partial charge on any atom is 0.242 e. The van der Waals surface area contributed by atoms with Crippen LogP contribution in [-0.4, -0.2) is 56.3 Å². The van der Waals surface area contributed by atoms with Crippen LogP contribution in [0.1, 0.15) is 11.7 Å². The largest absolute Gasteiger partial charge is 0.378 e. The molecule has 0 bridgehead atoms. The van der Waals surface area contributed by atoms with Gasteiger partial charge in [0.1, 0.15) is 12.1 Å². The van der Waals surface area contributed by atoms with Gasteiger partial charge in [0.05, 0.1) is 26.4 Å². The van der Waals surface area contributed by atoms with Gasteiger partial charge < -0.3 is 19.7 Å². The number of hydrogen-bond donors (Lipinski definition) is 1. The zero-order chi connectivity index (χ0) is 14.7. The second-order valence-corrected chi connectivity index (χ2v) is 5.71. The van der Waals surface area contributed by atoms with Gasteiger partial charge in [0.2, 0.25) is 5.91 Å². The molecule has 6 heteroatoms. The van der Waals surface area contributed by atoms with Gasteiger partial charge in [-0.2, -0.15) is 0 Å². The Kier molecular flexibility index (Phi) is 4.75. The first-order valence-corrected chi connectivity index (χ1v) is 7.59. The van der Waals surface area contributed by atoms with Gasteiger partial charge in [0.25, 0.3) is 0 Å². The Morgan fingerprint density at radius 3 is 2.81 bits per heavy atom. The van der Waals surface area contributed by atoms with E-state index >= 15 is 0 Å². The maximum atomic E-state index is 12.5. The number of halogens is 1. The van der Waals surface area contributed by atoms with E-state index in [1.807, 2.05) is 29.2 Å². The third kappa shape index (κ3) is 3.55. The summed E-state index contributed by atoms with van der Waals surface area (Å²) in [4.78, 5) is 14.3.